The van der Waals surface area contributed by atoms with Gasteiger partial charge in [-0.25, -0.2) is 0 Å². The number of aromatic nitrogens is 2. The quantitative estimate of drug-likeness (QED) is 0.918. The van der Waals surface area contributed by atoms with Crippen LogP contribution >= 0.6 is 15.9 Å². The molecule has 1 aromatic carbocycles. The normalized spacial score (nSPS) is 14.5. The van der Waals surface area contributed by atoms with Crippen LogP contribution in [0, 0.1) is 6.92 Å². The van der Waals surface area contributed by atoms with Crippen LogP contribution < -0.4 is 9.47 Å². The van der Waals surface area contributed by atoms with Gasteiger partial charge in [-0.1, -0.05) is 0 Å². The van der Waals surface area contributed by atoms with E-state index in [1.807, 2.05) is 36.7 Å². The van der Waals surface area contributed by atoms with E-state index < -0.39 is 6.10 Å². The molecule has 2 heterocycles. The summed E-state index contributed by atoms with van der Waals surface area (Å²) < 4.78 is 13.5. The molecule has 0 saturated heterocycles. The zero-order chi connectivity index (χ0) is 15.0. The van der Waals surface area contributed by atoms with Crippen LogP contribution in [0.1, 0.15) is 30.0 Å². The van der Waals surface area contributed by atoms with Crippen LogP contribution in [0.5, 0.6) is 11.5 Å². The fourth-order valence-corrected chi connectivity index (χ4v) is 3.11. The van der Waals surface area contributed by atoms with Gasteiger partial charge in [-0.3, -0.25) is 4.68 Å². The molecule has 3 rings (SSSR count). The van der Waals surface area contributed by atoms with Crippen molar-refractivity contribution in [2.75, 3.05) is 6.79 Å². The highest BCUT2D eigenvalue weighted by Crippen LogP contribution is 2.41. The summed E-state index contributed by atoms with van der Waals surface area (Å²) in [6, 6.07) is 5.71. The van der Waals surface area contributed by atoms with Crippen molar-refractivity contribution in [3.8, 4) is 11.5 Å². The molecule has 0 spiro atoms. The molecular formula is C15H17BrN2O3. The van der Waals surface area contributed by atoms with E-state index in [1.54, 1.807) is 0 Å². The van der Waals surface area contributed by atoms with Gasteiger partial charge in [0, 0.05) is 18.7 Å². The summed E-state index contributed by atoms with van der Waals surface area (Å²) in [6.45, 7) is 5.01. The molecule has 0 aliphatic carbocycles. The first-order chi connectivity index (χ1) is 10.1. The Bertz CT molecular complexity index is 669. The van der Waals surface area contributed by atoms with Crippen molar-refractivity contribution in [1.82, 2.24) is 9.78 Å². The minimum Gasteiger partial charge on any atom is -0.454 e. The van der Waals surface area contributed by atoms with Crippen molar-refractivity contribution in [3.05, 3.63) is 39.6 Å². The molecule has 1 unspecified atom stereocenters. The van der Waals surface area contributed by atoms with Crippen LogP contribution in [0.3, 0.4) is 0 Å². The fraction of sp³-hybridized carbons (Fsp3) is 0.400. The molecule has 1 aliphatic rings. The van der Waals surface area contributed by atoms with Crippen molar-refractivity contribution < 1.29 is 14.6 Å². The molecule has 0 radical (unpaired) electrons. The van der Waals surface area contributed by atoms with Gasteiger partial charge in [0.2, 0.25) is 6.79 Å². The van der Waals surface area contributed by atoms with E-state index in [0.717, 1.165) is 28.0 Å². The van der Waals surface area contributed by atoms with Gasteiger partial charge >= 0.3 is 0 Å². The Kier molecular flexibility index (Phi) is 3.91. The second kappa shape index (κ2) is 5.69. The first kappa shape index (κ1) is 14.4. The standard InChI is InChI=1S/C15H17BrN2O3/c1-3-18-11(4-9(2)17-18)7-13(19)10-5-12(16)15-14(6-10)20-8-21-15/h4-6,13,19H,3,7-8H2,1-2H3. The predicted octanol–water partition coefficient (Wildman–Crippen LogP) is 2.98. The molecule has 1 atom stereocenters. The Morgan fingerprint density at radius 2 is 2.19 bits per heavy atom. The van der Waals surface area contributed by atoms with Crippen LogP contribution in [0.4, 0.5) is 0 Å². The molecule has 0 amide bonds. The summed E-state index contributed by atoms with van der Waals surface area (Å²) >= 11 is 3.45. The number of benzene rings is 1. The van der Waals surface area contributed by atoms with E-state index in [-0.39, 0.29) is 6.79 Å². The Balaban J connectivity index is 1.85. The summed E-state index contributed by atoms with van der Waals surface area (Å²) in [4.78, 5) is 0. The van der Waals surface area contributed by atoms with E-state index in [1.165, 1.54) is 0 Å². The van der Waals surface area contributed by atoms with Crippen LogP contribution in [0.2, 0.25) is 0 Å². The Morgan fingerprint density at radius 3 is 2.95 bits per heavy atom. The predicted molar refractivity (Wildman–Crippen MR) is 81.6 cm³/mol. The number of hydrogen-bond donors (Lipinski definition) is 1. The Hall–Kier alpha value is -1.53. The van der Waals surface area contributed by atoms with Crippen LogP contribution in [0.25, 0.3) is 0 Å². The third-order valence-corrected chi connectivity index (χ3v) is 4.11. The van der Waals surface area contributed by atoms with Crippen molar-refractivity contribution in [1.29, 1.82) is 0 Å². The summed E-state index contributed by atoms with van der Waals surface area (Å²) in [6.07, 6.45) is -0.0991. The largest absolute Gasteiger partial charge is 0.454 e. The van der Waals surface area contributed by atoms with E-state index in [4.69, 9.17) is 9.47 Å². The Labute approximate surface area is 131 Å². The van der Waals surface area contributed by atoms with Crippen LogP contribution in [-0.4, -0.2) is 21.7 Å². The van der Waals surface area contributed by atoms with Crippen LogP contribution in [0.15, 0.2) is 22.7 Å². The highest BCUT2D eigenvalue weighted by molar-refractivity contribution is 9.10. The van der Waals surface area contributed by atoms with E-state index >= 15 is 0 Å². The number of aliphatic hydroxyl groups is 1. The molecule has 0 fully saturated rings. The minimum absolute atomic E-state index is 0.218. The summed E-state index contributed by atoms with van der Waals surface area (Å²) in [5.74, 6) is 1.36. The number of aryl methyl sites for hydroxylation is 2. The monoisotopic (exact) mass is 352 g/mol. The molecule has 0 bridgehead atoms. The number of nitrogens with zero attached hydrogens (tertiary/aromatic N) is 2. The lowest BCUT2D eigenvalue weighted by Crippen LogP contribution is -2.08. The minimum atomic E-state index is -0.614. The molecule has 1 aromatic heterocycles. The molecule has 112 valence electrons. The van der Waals surface area contributed by atoms with Gasteiger partial charge in [-0.15, -0.1) is 0 Å². The van der Waals surface area contributed by atoms with Gasteiger partial charge in [0.25, 0.3) is 0 Å². The molecule has 1 N–H and O–H groups in total. The highest BCUT2D eigenvalue weighted by Gasteiger charge is 2.21. The highest BCUT2D eigenvalue weighted by atomic mass is 79.9. The van der Waals surface area contributed by atoms with E-state index in [9.17, 15) is 5.11 Å². The number of rotatable bonds is 4. The van der Waals surface area contributed by atoms with Gasteiger partial charge in [-0.05, 0) is 53.5 Å². The lowest BCUT2D eigenvalue weighted by molar-refractivity contribution is 0.170. The molecule has 6 heteroatoms. The lowest BCUT2D eigenvalue weighted by Gasteiger charge is -2.13. The smallest absolute Gasteiger partial charge is 0.231 e. The first-order valence-electron chi connectivity index (χ1n) is 6.89. The topological polar surface area (TPSA) is 56.5 Å². The molecular weight excluding hydrogens is 336 g/mol. The fourth-order valence-electron chi connectivity index (χ4n) is 2.53. The van der Waals surface area contributed by atoms with Crippen molar-refractivity contribution >= 4 is 15.9 Å². The number of fused-ring (bicyclic) bond motifs is 1. The molecule has 1 aliphatic heterocycles. The first-order valence-corrected chi connectivity index (χ1v) is 7.68. The number of halogens is 1. The van der Waals surface area contributed by atoms with Gasteiger partial charge < -0.3 is 14.6 Å². The third-order valence-electron chi connectivity index (χ3n) is 3.52. The lowest BCUT2D eigenvalue weighted by atomic mass is 10.0. The van der Waals surface area contributed by atoms with Crippen molar-refractivity contribution in [2.24, 2.45) is 0 Å². The summed E-state index contributed by atoms with van der Waals surface area (Å²) in [5, 5.41) is 14.9. The average Bonchev–Trinajstić information content (AvgIpc) is 3.05. The van der Waals surface area contributed by atoms with Crippen LogP contribution in [-0.2, 0) is 13.0 Å². The zero-order valence-electron chi connectivity index (χ0n) is 12.0. The molecule has 0 saturated carbocycles. The zero-order valence-corrected chi connectivity index (χ0v) is 13.6. The van der Waals surface area contributed by atoms with Gasteiger partial charge in [0.15, 0.2) is 11.5 Å². The Morgan fingerprint density at radius 1 is 1.38 bits per heavy atom. The van der Waals surface area contributed by atoms with E-state index in [0.29, 0.717) is 17.9 Å². The molecule has 21 heavy (non-hydrogen) atoms. The molecule has 5 nitrogen and oxygen atoms in total. The SMILES string of the molecule is CCn1nc(C)cc1CC(O)c1cc(Br)c2c(c1)OCO2. The number of hydrogen-bond acceptors (Lipinski definition) is 4. The maximum Gasteiger partial charge on any atom is 0.231 e. The maximum atomic E-state index is 10.5. The van der Waals surface area contributed by atoms with E-state index in [2.05, 4.69) is 21.0 Å². The maximum absolute atomic E-state index is 10.5. The van der Waals surface area contributed by atoms with Gasteiger partial charge in [0.1, 0.15) is 0 Å². The second-order valence-corrected chi connectivity index (χ2v) is 5.90. The summed E-state index contributed by atoms with van der Waals surface area (Å²) in [5.41, 5.74) is 2.79. The number of ether oxygens (including phenoxy) is 2. The van der Waals surface area contributed by atoms with Crippen molar-refractivity contribution in [3.63, 3.8) is 0 Å². The molecule has 2 aromatic rings. The number of aliphatic hydroxyl groups excluding tert-OH is 1. The average molecular weight is 353 g/mol. The second-order valence-electron chi connectivity index (χ2n) is 5.05. The summed E-state index contributed by atoms with van der Waals surface area (Å²) in [7, 11) is 0. The third kappa shape index (κ3) is 2.78. The van der Waals surface area contributed by atoms with Gasteiger partial charge in [-0.2, -0.15) is 5.10 Å². The van der Waals surface area contributed by atoms with Crippen molar-refractivity contribution in [2.45, 2.75) is 32.9 Å². The van der Waals surface area contributed by atoms with Gasteiger partial charge in [0.05, 0.1) is 16.3 Å².